The van der Waals surface area contributed by atoms with Crippen LogP contribution in [0.25, 0.3) is 11.8 Å². The summed E-state index contributed by atoms with van der Waals surface area (Å²) in [4.78, 5) is 39.3. The molecule has 1 aromatic heterocycles. The lowest BCUT2D eigenvalue weighted by Crippen LogP contribution is -2.31. The van der Waals surface area contributed by atoms with Crippen LogP contribution in [0, 0.1) is 0 Å². The first-order valence-electron chi connectivity index (χ1n) is 9.08. The van der Waals surface area contributed by atoms with E-state index in [1.165, 1.54) is 12.4 Å². The van der Waals surface area contributed by atoms with E-state index >= 15 is 0 Å². The molecular formula is C21H20N6O3. The van der Waals surface area contributed by atoms with Crippen molar-refractivity contribution < 1.29 is 14.4 Å². The number of carbonyl (C=O) groups is 3. The van der Waals surface area contributed by atoms with E-state index < -0.39 is 5.91 Å². The Hall–Kier alpha value is -4.27. The minimum absolute atomic E-state index is 0.163. The molecule has 30 heavy (non-hydrogen) atoms. The quantitative estimate of drug-likeness (QED) is 0.515. The van der Waals surface area contributed by atoms with Gasteiger partial charge in [0.2, 0.25) is 11.8 Å². The maximum absolute atomic E-state index is 12.0. The Bertz CT molecular complexity index is 1040. The van der Waals surface area contributed by atoms with Gasteiger partial charge in [-0.3, -0.25) is 14.4 Å². The standard InChI is InChI=1S/C21H20N6O3/c1-22-21(30)16-5-2-15(3-6-16)4-11-19(28)24-12-20(29)26-17-7-9-18(10-8-17)27-14-23-13-25-27/h2-11,13-14H,12H2,1H3,(H,22,30)(H,24,28)(H,26,29)/b11-4+. The summed E-state index contributed by atoms with van der Waals surface area (Å²) in [5, 5.41) is 11.8. The SMILES string of the molecule is CNC(=O)c1ccc(/C=C/C(=O)NCC(=O)Nc2ccc(-n3cncn3)cc2)cc1. The summed E-state index contributed by atoms with van der Waals surface area (Å²) in [6, 6.07) is 13.8. The zero-order chi connectivity index (χ0) is 21.3. The minimum Gasteiger partial charge on any atom is -0.355 e. The Morgan fingerprint density at radius 1 is 1.03 bits per heavy atom. The highest BCUT2D eigenvalue weighted by Gasteiger charge is 2.05. The number of carbonyl (C=O) groups excluding carboxylic acids is 3. The van der Waals surface area contributed by atoms with E-state index in [9.17, 15) is 14.4 Å². The molecule has 0 atom stereocenters. The van der Waals surface area contributed by atoms with Crippen molar-refractivity contribution in [3.8, 4) is 5.69 Å². The molecule has 0 bridgehead atoms. The molecule has 9 nitrogen and oxygen atoms in total. The Balaban J connectivity index is 1.45. The number of hydrogen-bond acceptors (Lipinski definition) is 5. The van der Waals surface area contributed by atoms with Gasteiger partial charge in [-0.05, 0) is 48.0 Å². The molecule has 3 amide bonds. The van der Waals surface area contributed by atoms with Gasteiger partial charge >= 0.3 is 0 Å². The van der Waals surface area contributed by atoms with Crippen molar-refractivity contribution in [2.24, 2.45) is 0 Å². The van der Waals surface area contributed by atoms with Crippen molar-refractivity contribution in [1.29, 1.82) is 0 Å². The second kappa shape index (κ2) is 9.78. The van der Waals surface area contributed by atoms with E-state index in [2.05, 4.69) is 26.0 Å². The molecule has 9 heteroatoms. The van der Waals surface area contributed by atoms with Gasteiger partial charge in [0.25, 0.3) is 5.91 Å². The highest BCUT2D eigenvalue weighted by Crippen LogP contribution is 2.12. The van der Waals surface area contributed by atoms with Crippen molar-refractivity contribution in [3.05, 3.63) is 78.4 Å². The monoisotopic (exact) mass is 404 g/mol. The number of nitrogens with zero attached hydrogens (tertiary/aromatic N) is 3. The van der Waals surface area contributed by atoms with Gasteiger partial charge in [0.15, 0.2) is 0 Å². The smallest absolute Gasteiger partial charge is 0.251 e. The highest BCUT2D eigenvalue weighted by atomic mass is 16.2. The highest BCUT2D eigenvalue weighted by molar-refractivity contribution is 5.98. The van der Waals surface area contributed by atoms with Gasteiger partial charge in [-0.25, -0.2) is 9.67 Å². The molecule has 3 N–H and O–H groups in total. The molecule has 0 saturated carbocycles. The van der Waals surface area contributed by atoms with Crippen LogP contribution in [0.15, 0.2) is 67.3 Å². The van der Waals surface area contributed by atoms with Gasteiger partial charge < -0.3 is 16.0 Å². The van der Waals surface area contributed by atoms with Crippen molar-refractivity contribution >= 4 is 29.5 Å². The molecule has 2 aromatic carbocycles. The van der Waals surface area contributed by atoms with E-state index in [0.29, 0.717) is 11.3 Å². The number of amides is 3. The fourth-order valence-electron chi connectivity index (χ4n) is 2.53. The average Bonchev–Trinajstić information content (AvgIpc) is 3.31. The zero-order valence-corrected chi connectivity index (χ0v) is 16.2. The molecule has 0 aliphatic carbocycles. The Morgan fingerprint density at radius 2 is 1.77 bits per heavy atom. The van der Waals surface area contributed by atoms with Crippen molar-refractivity contribution in [3.63, 3.8) is 0 Å². The van der Waals surface area contributed by atoms with Crippen LogP contribution in [-0.4, -0.2) is 46.1 Å². The maximum Gasteiger partial charge on any atom is 0.251 e. The molecule has 3 aromatic rings. The van der Waals surface area contributed by atoms with Crippen LogP contribution in [0.2, 0.25) is 0 Å². The third kappa shape index (κ3) is 5.61. The molecule has 0 aliphatic heterocycles. The molecule has 0 saturated heterocycles. The minimum atomic E-state index is -0.401. The summed E-state index contributed by atoms with van der Waals surface area (Å²) in [6.45, 7) is -0.163. The summed E-state index contributed by atoms with van der Waals surface area (Å²) in [6.07, 6.45) is 5.94. The van der Waals surface area contributed by atoms with E-state index in [1.807, 2.05) is 0 Å². The van der Waals surface area contributed by atoms with Crippen LogP contribution >= 0.6 is 0 Å². The lowest BCUT2D eigenvalue weighted by molar-refractivity contribution is -0.121. The number of rotatable bonds is 7. The molecule has 0 aliphatic rings. The number of hydrogen-bond donors (Lipinski definition) is 3. The molecule has 3 rings (SSSR count). The molecule has 0 fully saturated rings. The first-order valence-corrected chi connectivity index (χ1v) is 9.08. The molecule has 0 unspecified atom stereocenters. The van der Waals surface area contributed by atoms with Crippen LogP contribution < -0.4 is 16.0 Å². The first-order chi connectivity index (χ1) is 14.5. The van der Waals surface area contributed by atoms with Gasteiger partial charge in [-0.2, -0.15) is 5.10 Å². The largest absolute Gasteiger partial charge is 0.355 e. The molecule has 152 valence electrons. The van der Waals surface area contributed by atoms with Gasteiger partial charge in [0, 0.05) is 24.4 Å². The normalized spacial score (nSPS) is 10.6. The van der Waals surface area contributed by atoms with Gasteiger partial charge in [-0.1, -0.05) is 12.1 Å². The summed E-state index contributed by atoms with van der Waals surface area (Å²) < 4.78 is 1.60. The van der Waals surface area contributed by atoms with Gasteiger partial charge in [0.1, 0.15) is 12.7 Å². The molecular weight excluding hydrogens is 384 g/mol. The van der Waals surface area contributed by atoms with E-state index in [1.54, 1.807) is 72.7 Å². The summed E-state index contributed by atoms with van der Waals surface area (Å²) in [7, 11) is 1.56. The lowest BCUT2D eigenvalue weighted by Gasteiger charge is -2.07. The second-order valence-electron chi connectivity index (χ2n) is 6.19. The second-order valence-corrected chi connectivity index (χ2v) is 6.19. The average molecular weight is 404 g/mol. The van der Waals surface area contributed by atoms with Crippen LogP contribution in [0.3, 0.4) is 0 Å². The fraction of sp³-hybridized carbons (Fsp3) is 0.0952. The van der Waals surface area contributed by atoms with Crippen LogP contribution in [-0.2, 0) is 9.59 Å². The predicted octanol–water partition coefficient (Wildman–Crippen LogP) is 1.39. The van der Waals surface area contributed by atoms with Crippen LogP contribution in [0.1, 0.15) is 15.9 Å². The van der Waals surface area contributed by atoms with Crippen molar-refractivity contribution in [2.75, 3.05) is 18.9 Å². The zero-order valence-electron chi connectivity index (χ0n) is 16.2. The Labute approximate surface area is 172 Å². The number of nitrogens with one attached hydrogen (secondary N) is 3. The maximum atomic E-state index is 12.0. The van der Waals surface area contributed by atoms with Crippen LogP contribution in [0.5, 0.6) is 0 Å². The molecule has 0 radical (unpaired) electrons. The Kier molecular flexibility index (Phi) is 6.67. The van der Waals surface area contributed by atoms with E-state index in [-0.39, 0.29) is 18.4 Å². The Morgan fingerprint density at radius 3 is 2.40 bits per heavy atom. The van der Waals surface area contributed by atoms with E-state index in [4.69, 9.17) is 0 Å². The molecule has 0 spiro atoms. The number of benzene rings is 2. The number of anilines is 1. The third-order valence-electron chi connectivity index (χ3n) is 4.08. The summed E-state index contributed by atoms with van der Waals surface area (Å²) in [5.74, 6) is -0.926. The molecule has 1 heterocycles. The van der Waals surface area contributed by atoms with Crippen molar-refractivity contribution in [2.45, 2.75) is 0 Å². The predicted molar refractivity (Wildman–Crippen MR) is 112 cm³/mol. The number of aromatic nitrogens is 3. The third-order valence-corrected chi connectivity index (χ3v) is 4.08. The van der Waals surface area contributed by atoms with E-state index in [0.717, 1.165) is 11.3 Å². The van der Waals surface area contributed by atoms with Crippen LogP contribution in [0.4, 0.5) is 5.69 Å². The lowest BCUT2D eigenvalue weighted by atomic mass is 10.1. The van der Waals surface area contributed by atoms with Crippen molar-refractivity contribution in [1.82, 2.24) is 25.4 Å². The summed E-state index contributed by atoms with van der Waals surface area (Å²) >= 11 is 0. The topological polar surface area (TPSA) is 118 Å². The van der Waals surface area contributed by atoms with Gasteiger partial charge in [-0.15, -0.1) is 0 Å². The van der Waals surface area contributed by atoms with Gasteiger partial charge in [0.05, 0.1) is 12.2 Å². The summed E-state index contributed by atoms with van der Waals surface area (Å²) in [5.41, 5.74) is 2.71. The first kappa shape index (κ1) is 20.5. The fourth-order valence-corrected chi connectivity index (χ4v) is 2.53.